The van der Waals surface area contributed by atoms with Crippen molar-refractivity contribution >= 4 is 11.0 Å². The minimum Gasteiger partial charge on any atom is -0.493 e. The molecule has 0 aliphatic rings. The van der Waals surface area contributed by atoms with Gasteiger partial charge in [-0.3, -0.25) is 0 Å². The molecule has 114 valence electrons. The van der Waals surface area contributed by atoms with Gasteiger partial charge in [0.05, 0.1) is 24.2 Å². The van der Waals surface area contributed by atoms with Gasteiger partial charge in [0.25, 0.3) is 0 Å². The van der Waals surface area contributed by atoms with Gasteiger partial charge < -0.3 is 14.5 Å². The van der Waals surface area contributed by atoms with Gasteiger partial charge in [0.1, 0.15) is 11.6 Å². The number of ether oxygens (including phenoxy) is 2. The molecule has 3 rings (SSSR count). The van der Waals surface area contributed by atoms with Crippen molar-refractivity contribution in [3.05, 3.63) is 48.0 Å². The zero-order valence-electron chi connectivity index (χ0n) is 12.9. The van der Waals surface area contributed by atoms with Gasteiger partial charge in [-0.25, -0.2) is 4.98 Å². The van der Waals surface area contributed by atoms with Gasteiger partial charge in [-0.05, 0) is 36.8 Å². The van der Waals surface area contributed by atoms with E-state index in [2.05, 4.69) is 23.0 Å². The molecular weight excluding hydrogens is 276 g/mol. The second kappa shape index (κ2) is 6.62. The van der Waals surface area contributed by atoms with Crippen LogP contribution in [0.2, 0.25) is 0 Å². The summed E-state index contributed by atoms with van der Waals surface area (Å²) >= 11 is 0. The lowest BCUT2D eigenvalue weighted by Gasteiger charge is -2.11. The summed E-state index contributed by atoms with van der Waals surface area (Å²) in [6.07, 6.45) is 0.984. The fourth-order valence-electron chi connectivity index (χ4n) is 2.44. The topological polar surface area (TPSA) is 47.1 Å². The Morgan fingerprint density at radius 3 is 2.77 bits per heavy atom. The lowest BCUT2D eigenvalue weighted by atomic mass is 10.1. The quantitative estimate of drug-likeness (QED) is 0.742. The Morgan fingerprint density at radius 2 is 2.00 bits per heavy atom. The second-order valence-corrected chi connectivity index (χ2v) is 5.21. The largest absolute Gasteiger partial charge is 0.493 e. The Hall–Kier alpha value is -2.33. The standard InChI is InChI=1S/C18H20N2O2/c1-3-10-22-17-9-8-13(11-14(17)12-21-2)18-19-15-6-4-5-7-16(15)20-18/h4-9,11H,3,10,12H2,1-2H3,(H,19,20). The summed E-state index contributed by atoms with van der Waals surface area (Å²) in [5, 5.41) is 0. The van der Waals surface area contributed by atoms with Crippen LogP contribution >= 0.6 is 0 Å². The van der Waals surface area contributed by atoms with Crippen LogP contribution in [0.4, 0.5) is 0 Å². The summed E-state index contributed by atoms with van der Waals surface area (Å²) in [7, 11) is 1.69. The SMILES string of the molecule is CCCOc1ccc(-c2nc3ccccc3[nH]2)cc1COC. The lowest BCUT2D eigenvalue weighted by molar-refractivity contribution is 0.180. The first-order valence-electron chi connectivity index (χ1n) is 7.51. The molecule has 0 saturated carbocycles. The predicted molar refractivity (Wildman–Crippen MR) is 88.0 cm³/mol. The number of methoxy groups -OCH3 is 1. The molecule has 4 heteroatoms. The van der Waals surface area contributed by atoms with E-state index in [0.717, 1.165) is 40.2 Å². The van der Waals surface area contributed by atoms with E-state index in [1.165, 1.54) is 0 Å². The fraction of sp³-hybridized carbons (Fsp3) is 0.278. The third-order valence-corrected chi connectivity index (χ3v) is 3.48. The number of rotatable bonds is 6. The molecule has 0 fully saturated rings. The Labute approximate surface area is 130 Å². The molecular formula is C18H20N2O2. The third kappa shape index (κ3) is 2.97. The Kier molecular flexibility index (Phi) is 4.39. The highest BCUT2D eigenvalue weighted by Crippen LogP contribution is 2.27. The summed E-state index contributed by atoms with van der Waals surface area (Å²) in [5.74, 6) is 1.74. The van der Waals surface area contributed by atoms with Crippen molar-refractivity contribution in [2.75, 3.05) is 13.7 Å². The average Bonchev–Trinajstić information content (AvgIpc) is 2.98. The molecule has 0 saturated heterocycles. The van der Waals surface area contributed by atoms with Crippen LogP contribution in [0.15, 0.2) is 42.5 Å². The van der Waals surface area contributed by atoms with Gasteiger partial charge in [0.2, 0.25) is 0 Å². The highest BCUT2D eigenvalue weighted by atomic mass is 16.5. The van der Waals surface area contributed by atoms with E-state index in [0.29, 0.717) is 13.2 Å². The van der Waals surface area contributed by atoms with Crippen molar-refractivity contribution in [2.45, 2.75) is 20.0 Å². The molecule has 0 bridgehead atoms. The van der Waals surface area contributed by atoms with Crippen LogP contribution in [0.25, 0.3) is 22.4 Å². The van der Waals surface area contributed by atoms with Crippen molar-refractivity contribution in [3.8, 4) is 17.1 Å². The van der Waals surface area contributed by atoms with Crippen LogP contribution in [-0.2, 0) is 11.3 Å². The van der Waals surface area contributed by atoms with Crippen LogP contribution in [0.5, 0.6) is 5.75 Å². The van der Waals surface area contributed by atoms with Crippen LogP contribution in [-0.4, -0.2) is 23.7 Å². The molecule has 0 radical (unpaired) electrons. The number of para-hydroxylation sites is 2. The van der Waals surface area contributed by atoms with E-state index in [9.17, 15) is 0 Å². The van der Waals surface area contributed by atoms with E-state index in [1.807, 2.05) is 36.4 Å². The summed E-state index contributed by atoms with van der Waals surface area (Å²) < 4.78 is 11.1. The molecule has 4 nitrogen and oxygen atoms in total. The number of aromatic amines is 1. The number of benzene rings is 2. The predicted octanol–water partition coefficient (Wildman–Crippen LogP) is 4.17. The van der Waals surface area contributed by atoms with Crippen molar-refractivity contribution in [3.63, 3.8) is 0 Å². The normalized spacial score (nSPS) is 11.0. The number of nitrogens with one attached hydrogen (secondary N) is 1. The second-order valence-electron chi connectivity index (χ2n) is 5.21. The van der Waals surface area contributed by atoms with E-state index in [-0.39, 0.29) is 0 Å². The van der Waals surface area contributed by atoms with Crippen molar-refractivity contribution in [1.29, 1.82) is 0 Å². The molecule has 22 heavy (non-hydrogen) atoms. The highest BCUT2D eigenvalue weighted by molar-refractivity contribution is 5.79. The Balaban J connectivity index is 1.97. The van der Waals surface area contributed by atoms with Gasteiger partial charge in [-0.15, -0.1) is 0 Å². The first-order chi connectivity index (χ1) is 10.8. The van der Waals surface area contributed by atoms with Gasteiger partial charge in [0.15, 0.2) is 0 Å². The molecule has 1 N–H and O–H groups in total. The molecule has 0 spiro atoms. The van der Waals surface area contributed by atoms with Crippen LogP contribution in [0.3, 0.4) is 0 Å². The third-order valence-electron chi connectivity index (χ3n) is 3.48. The maximum absolute atomic E-state index is 5.78. The van der Waals surface area contributed by atoms with E-state index >= 15 is 0 Å². The summed E-state index contributed by atoms with van der Waals surface area (Å²) in [6, 6.07) is 14.1. The molecule has 1 aromatic heterocycles. The lowest BCUT2D eigenvalue weighted by Crippen LogP contribution is -2.00. The summed E-state index contributed by atoms with van der Waals surface area (Å²) in [5.41, 5.74) is 4.08. The molecule has 0 amide bonds. The molecule has 0 aliphatic heterocycles. The molecule has 0 atom stereocenters. The van der Waals surface area contributed by atoms with Crippen LogP contribution in [0.1, 0.15) is 18.9 Å². The molecule has 0 aliphatic carbocycles. The maximum Gasteiger partial charge on any atom is 0.138 e. The maximum atomic E-state index is 5.78. The number of H-pyrrole nitrogens is 1. The zero-order chi connectivity index (χ0) is 15.4. The van der Waals surface area contributed by atoms with Gasteiger partial charge in [-0.1, -0.05) is 19.1 Å². The first kappa shape index (κ1) is 14.6. The Morgan fingerprint density at radius 1 is 1.14 bits per heavy atom. The minimum absolute atomic E-state index is 0.521. The van der Waals surface area contributed by atoms with E-state index in [4.69, 9.17) is 9.47 Å². The first-order valence-corrected chi connectivity index (χ1v) is 7.51. The fourth-order valence-corrected chi connectivity index (χ4v) is 2.44. The summed E-state index contributed by atoms with van der Waals surface area (Å²) in [6.45, 7) is 3.33. The smallest absolute Gasteiger partial charge is 0.138 e. The molecule has 1 heterocycles. The van der Waals surface area contributed by atoms with E-state index in [1.54, 1.807) is 7.11 Å². The molecule has 2 aromatic carbocycles. The Bertz CT molecular complexity index is 732. The number of fused-ring (bicyclic) bond motifs is 1. The number of hydrogen-bond donors (Lipinski definition) is 1. The van der Waals surface area contributed by atoms with Crippen LogP contribution in [0, 0.1) is 0 Å². The summed E-state index contributed by atoms with van der Waals surface area (Å²) in [4.78, 5) is 7.99. The van der Waals surface area contributed by atoms with Gasteiger partial charge in [-0.2, -0.15) is 0 Å². The monoisotopic (exact) mass is 296 g/mol. The van der Waals surface area contributed by atoms with Crippen LogP contribution < -0.4 is 4.74 Å². The van der Waals surface area contributed by atoms with Gasteiger partial charge in [0, 0.05) is 18.2 Å². The highest BCUT2D eigenvalue weighted by Gasteiger charge is 2.09. The number of hydrogen-bond acceptors (Lipinski definition) is 3. The number of aromatic nitrogens is 2. The molecule has 3 aromatic rings. The van der Waals surface area contributed by atoms with Gasteiger partial charge >= 0.3 is 0 Å². The van der Waals surface area contributed by atoms with E-state index < -0.39 is 0 Å². The molecule has 0 unspecified atom stereocenters. The number of nitrogens with zero attached hydrogens (tertiary/aromatic N) is 1. The minimum atomic E-state index is 0.521. The van der Waals surface area contributed by atoms with Crippen molar-refractivity contribution in [1.82, 2.24) is 9.97 Å². The van der Waals surface area contributed by atoms with Crippen molar-refractivity contribution < 1.29 is 9.47 Å². The zero-order valence-corrected chi connectivity index (χ0v) is 12.9. The number of imidazole rings is 1. The van der Waals surface area contributed by atoms with Crippen molar-refractivity contribution in [2.24, 2.45) is 0 Å². The average molecular weight is 296 g/mol.